The number of rotatable bonds is 4. The zero-order valence-corrected chi connectivity index (χ0v) is 12.5. The van der Waals surface area contributed by atoms with Gasteiger partial charge in [0, 0.05) is 6.42 Å². The summed E-state index contributed by atoms with van der Waals surface area (Å²) in [4.78, 5) is 11.1. The summed E-state index contributed by atoms with van der Waals surface area (Å²) in [6, 6.07) is 22.4. The summed E-state index contributed by atoms with van der Waals surface area (Å²) < 4.78 is 0. The van der Waals surface area contributed by atoms with Gasteiger partial charge in [0.15, 0.2) is 0 Å². The maximum atomic E-state index is 11.1. The lowest BCUT2D eigenvalue weighted by Gasteiger charge is -2.10. The number of aliphatic hydroxyl groups is 1. The molecular formula is C20H18O2. The number of carbonyl (C=O) groups is 1. The number of ketones is 1. The number of benzene rings is 3. The summed E-state index contributed by atoms with van der Waals surface area (Å²) in [5.74, 6) is -0.00824. The van der Waals surface area contributed by atoms with Gasteiger partial charge < -0.3 is 5.11 Å². The second-order valence-corrected chi connectivity index (χ2v) is 5.61. The van der Waals surface area contributed by atoms with Crippen LogP contribution in [0.2, 0.25) is 0 Å². The first kappa shape index (κ1) is 14.5. The number of Topliss-reactive ketones (excluding diaryl/α,β-unsaturated/α-hetero) is 1. The topological polar surface area (TPSA) is 37.3 Å². The van der Waals surface area contributed by atoms with Crippen molar-refractivity contribution in [2.45, 2.75) is 19.4 Å². The molecule has 3 rings (SSSR count). The molecule has 3 aromatic carbocycles. The fourth-order valence-corrected chi connectivity index (χ4v) is 2.66. The fourth-order valence-electron chi connectivity index (χ4n) is 2.66. The Kier molecular flexibility index (Phi) is 4.03. The summed E-state index contributed by atoms with van der Waals surface area (Å²) in [6.07, 6.45) is -0.557. The van der Waals surface area contributed by atoms with Crippen molar-refractivity contribution in [3.05, 3.63) is 72.3 Å². The lowest BCUT2D eigenvalue weighted by atomic mass is 9.98. The van der Waals surface area contributed by atoms with Crippen LogP contribution in [0, 0.1) is 0 Å². The van der Waals surface area contributed by atoms with Gasteiger partial charge in [-0.15, -0.1) is 0 Å². The van der Waals surface area contributed by atoms with Crippen molar-refractivity contribution in [3.63, 3.8) is 0 Å². The zero-order valence-electron chi connectivity index (χ0n) is 12.5. The summed E-state index contributed by atoms with van der Waals surface area (Å²) in [5, 5.41) is 12.4. The Hall–Kier alpha value is -2.45. The normalized spacial score (nSPS) is 12.3. The molecule has 0 amide bonds. The van der Waals surface area contributed by atoms with Gasteiger partial charge in [-0.3, -0.25) is 4.79 Å². The molecule has 0 saturated carbocycles. The van der Waals surface area contributed by atoms with Crippen molar-refractivity contribution in [1.29, 1.82) is 0 Å². The molecule has 0 saturated heterocycles. The van der Waals surface area contributed by atoms with E-state index in [0.29, 0.717) is 0 Å². The van der Waals surface area contributed by atoms with Crippen molar-refractivity contribution in [3.8, 4) is 11.1 Å². The minimum Gasteiger partial charge on any atom is -0.388 e. The third-order valence-corrected chi connectivity index (χ3v) is 3.86. The average molecular weight is 290 g/mol. The summed E-state index contributed by atoms with van der Waals surface area (Å²) in [6.45, 7) is 1.49. The molecule has 2 heteroatoms. The molecule has 0 aliphatic heterocycles. The highest BCUT2D eigenvalue weighted by atomic mass is 16.3. The monoisotopic (exact) mass is 290 g/mol. The zero-order chi connectivity index (χ0) is 15.5. The maximum Gasteiger partial charge on any atom is 0.132 e. The van der Waals surface area contributed by atoms with Crippen molar-refractivity contribution in [2.75, 3.05) is 0 Å². The molecule has 0 radical (unpaired) electrons. The first-order valence-corrected chi connectivity index (χ1v) is 7.40. The standard InChI is InChI=1S/C20H18O2/c1-14(21)12-20(22)17-9-6-16(7-10-17)19-11-8-15-4-2-3-5-18(15)13-19/h2-11,13,20,22H,12H2,1H3/t20-/m1/s1. The lowest BCUT2D eigenvalue weighted by molar-refractivity contribution is -0.118. The fraction of sp³-hybridized carbons (Fsp3) is 0.150. The largest absolute Gasteiger partial charge is 0.388 e. The molecule has 2 nitrogen and oxygen atoms in total. The highest BCUT2D eigenvalue weighted by Crippen LogP contribution is 2.26. The van der Waals surface area contributed by atoms with Crippen LogP contribution in [-0.4, -0.2) is 10.9 Å². The van der Waals surface area contributed by atoms with E-state index in [1.54, 1.807) is 0 Å². The van der Waals surface area contributed by atoms with Crippen LogP contribution in [0.1, 0.15) is 25.0 Å². The summed E-state index contributed by atoms with van der Waals surface area (Å²) in [7, 11) is 0. The van der Waals surface area contributed by atoms with E-state index in [0.717, 1.165) is 16.7 Å². The predicted octanol–water partition coefficient (Wildman–Crippen LogP) is 4.52. The van der Waals surface area contributed by atoms with Gasteiger partial charge >= 0.3 is 0 Å². The quantitative estimate of drug-likeness (QED) is 0.767. The van der Waals surface area contributed by atoms with Crippen LogP contribution >= 0.6 is 0 Å². The number of hydrogen-bond donors (Lipinski definition) is 1. The van der Waals surface area contributed by atoms with E-state index in [1.807, 2.05) is 36.4 Å². The SMILES string of the molecule is CC(=O)C[C@@H](O)c1ccc(-c2ccc3ccccc3c2)cc1. The van der Waals surface area contributed by atoms with Gasteiger partial charge in [0.05, 0.1) is 6.10 Å². The van der Waals surface area contributed by atoms with Crippen LogP contribution in [0.15, 0.2) is 66.7 Å². The molecule has 22 heavy (non-hydrogen) atoms. The van der Waals surface area contributed by atoms with Gasteiger partial charge in [-0.25, -0.2) is 0 Å². The number of hydrogen-bond acceptors (Lipinski definition) is 2. The van der Waals surface area contributed by atoms with Crippen LogP contribution in [0.5, 0.6) is 0 Å². The minimum absolute atomic E-state index is 0.00824. The molecule has 0 unspecified atom stereocenters. The number of fused-ring (bicyclic) bond motifs is 1. The highest BCUT2D eigenvalue weighted by molar-refractivity contribution is 5.87. The van der Waals surface area contributed by atoms with Crippen LogP contribution in [0.4, 0.5) is 0 Å². The van der Waals surface area contributed by atoms with E-state index in [9.17, 15) is 9.90 Å². The van der Waals surface area contributed by atoms with Crippen molar-refractivity contribution >= 4 is 16.6 Å². The Balaban J connectivity index is 1.89. The molecule has 0 spiro atoms. The van der Waals surface area contributed by atoms with Gasteiger partial charge in [-0.05, 0) is 40.5 Å². The Bertz CT molecular complexity index is 803. The molecule has 0 aliphatic rings. The first-order valence-electron chi connectivity index (χ1n) is 7.40. The Morgan fingerprint density at radius 1 is 0.909 bits per heavy atom. The molecule has 1 N–H and O–H groups in total. The Morgan fingerprint density at radius 3 is 2.23 bits per heavy atom. The Morgan fingerprint density at radius 2 is 1.55 bits per heavy atom. The summed E-state index contributed by atoms with van der Waals surface area (Å²) >= 11 is 0. The smallest absolute Gasteiger partial charge is 0.132 e. The van der Waals surface area contributed by atoms with Gasteiger partial charge in [0.25, 0.3) is 0 Å². The molecule has 0 aromatic heterocycles. The van der Waals surface area contributed by atoms with E-state index in [4.69, 9.17) is 0 Å². The molecule has 3 aromatic rings. The number of carbonyl (C=O) groups excluding carboxylic acids is 1. The lowest BCUT2D eigenvalue weighted by Crippen LogP contribution is -2.02. The summed E-state index contributed by atoms with van der Waals surface area (Å²) in [5.41, 5.74) is 3.02. The van der Waals surface area contributed by atoms with Crippen LogP contribution < -0.4 is 0 Å². The number of aliphatic hydroxyl groups excluding tert-OH is 1. The second kappa shape index (κ2) is 6.12. The molecule has 1 atom stereocenters. The maximum absolute atomic E-state index is 11.1. The Labute approximate surface area is 130 Å². The van der Waals surface area contributed by atoms with E-state index >= 15 is 0 Å². The molecule has 0 heterocycles. The van der Waals surface area contributed by atoms with Gasteiger partial charge in [-0.2, -0.15) is 0 Å². The van der Waals surface area contributed by atoms with Crippen molar-refractivity contribution < 1.29 is 9.90 Å². The average Bonchev–Trinajstić information content (AvgIpc) is 2.54. The minimum atomic E-state index is -0.719. The highest BCUT2D eigenvalue weighted by Gasteiger charge is 2.10. The van der Waals surface area contributed by atoms with Crippen molar-refractivity contribution in [1.82, 2.24) is 0 Å². The molecule has 0 aliphatic carbocycles. The van der Waals surface area contributed by atoms with Gasteiger partial charge in [-0.1, -0.05) is 60.7 Å². The molecule has 0 fully saturated rings. The van der Waals surface area contributed by atoms with E-state index < -0.39 is 6.10 Å². The van der Waals surface area contributed by atoms with Gasteiger partial charge in [0.2, 0.25) is 0 Å². The van der Waals surface area contributed by atoms with Crippen LogP contribution in [0.3, 0.4) is 0 Å². The van der Waals surface area contributed by atoms with Crippen LogP contribution in [0.25, 0.3) is 21.9 Å². The van der Waals surface area contributed by atoms with Gasteiger partial charge in [0.1, 0.15) is 5.78 Å². The van der Waals surface area contributed by atoms with Crippen LogP contribution in [-0.2, 0) is 4.79 Å². The second-order valence-electron chi connectivity index (χ2n) is 5.61. The predicted molar refractivity (Wildman–Crippen MR) is 89.6 cm³/mol. The first-order chi connectivity index (χ1) is 10.6. The molecular weight excluding hydrogens is 272 g/mol. The molecule has 0 bridgehead atoms. The third-order valence-electron chi connectivity index (χ3n) is 3.86. The van der Waals surface area contributed by atoms with E-state index in [-0.39, 0.29) is 12.2 Å². The molecule has 110 valence electrons. The van der Waals surface area contributed by atoms with E-state index in [2.05, 4.69) is 30.3 Å². The van der Waals surface area contributed by atoms with E-state index in [1.165, 1.54) is 17.7 Å². The third kappa shape index (κ3) is 3.07. The van der Waals surface area contributed by atoms with Crippen molar-refractivity contribution in [2.24, 2.45) is 0 Å².